The Hall–Kier alpha value is -1.70. The van der Waals surface area contributed by atoms with E-state index >= 15 is 0 Å². The van der Waals surface area contributed by atoms with E-state index in [0.717, 1.165) is 31.2 Å². The second-order valence-electron chi connectivity index (χ2n) is 7.11. The molecule has 0 radical (unpaired) electrons. The molecule has 23 heavy (non-hydrogen) atoms. The van der Waals surface area contributed by atoms with Crippen LogP contribution < -0.4 is 11.1 Å². The van der Waals surface area contributed by atoms with Crippen molar-refractivity contribution >= 4 is 16.9 Å². The number of hydrogen-bond acceptors (Lipinski definition) is 6. The largest absolute Gasteiger partial charge is 0.390 e. The lowest BCUT2D eigenvalue weighted by atomic mass is 9.75. The molecule has 1 saturated heterocycles. The third-order valence-electron chi connectivity index (χ3n) is 5.74. The normalized spacial score (nSPS) is 37.7. The monoisotopic (exact) mass is 317 g/mol. The Morgan fingerprint density at radius 3 is 2.96 bits per heavy atom. The molecule has 0 aromatic carbocycles. The highest BCUT2D eigenvalue weighted by molar-refractivity contribution is 5.86. The first-order chi connectivity index (χ1) is 11.0. The Labute approximate surface area is 134 Å². The molecule has 2 fully saturated rings. The molecule has 5 atom stereocenters. The van der Waals surface area contributed by atoms with Crippen molar-refractivity contribution in [1.29, 1.82) is 0 Å². The van der Waals surface area contributed by atoms with Gasteiger partial charge in [-0.2, -0.15) is 0 Å². The SMILES string of the molecule is C[C@@H]1CC[C@@]2(CN1)C[C@@H](n1ccc3c(N)ncnc31)[C@H](O)[C@@H]2O. The van der Waals surface area contributed by atoms with Gasteiger partial charge in [0.05, 0.1) is 17.5 Å². The molecule has 2 aliphatic rings. The summed E-state index contributed by atoms with van der Waals surface area (Å²) in [6.45, 7) is 2.89. The lowest BCUT2D eigenvalue weighted by molar-refractivity contribution is -0.0390. The number of nitrogen functional groups attached to an aromatic ring is 1. The molecule has 1 aliphatic carbocycles. The Morgan fingerprint density at radius 1 is 1.39 bits per heavy atom. The van der Waals surface area contributed by atoms with Gasteiger partial charge in [0.15, 0.2) is 0 Å². The average Bonchev–Trinajstić information content (AvgIpc) is 3.07. The number of fused-ring (bicyclic) bond motifs is 1. The summed E-state index contributed by atoms with van der Waals surface area (Å²) in [6.07, 6.45) is 4.44. The number of aliphatic hydroxyl groups excluding tert-OH is 2. The van der Waals surface area contributed by atoms with E-state index in [-0.39, 0.29) is 11.5 Å². The maximum atomic E-state index is 10.7. The predicted octanol–water partition coefficient (Wildman–Crippen LogP) is 0.438. The Bertz CT molecular complexity index is 722. The van der Waals surface area contributed by atoms with Gasteiger partial charge in [-0.15, -0.1) is 0 Å². The second-order valence-corrected chi connectivity index (χ2v) is 7.11. The topological polar surface area (TPSA) is 109 Å². The Balaban J connectivity index is 1.70. The number of nitrogens with two attached hydrogens (primary N) is 1. The highest BCUT2D eigenvalue weighted by Crippen LogP contribution is 2.49. The van der Waals surface area contributed by atoms with Crippen LogP contribution in [0.15, 0.2) is 18.6 Å². The van der Waals surface area contributed by atoms with E-state index < -0.39 is 12.2 Å². The minimum absolute atomic E-state index is 0.202. The highest BCUT2D eigenvalue weighted by Gasteiger charge is 2.54. The van der Waals surface area contributed by atoms with Crippen LogP contribution >= 0.6 is 0 Å². The summed E-state index contributed by atoms with van der Waals surface area (Å²) in [5, 5.41) is 25.6. The number of piperidine rings is 1. The number of nitrogens with one attached hydrogen (secondary N) is 1. The molecule has 1 spiro atoms. The van der Waals surface area contributed by atoms with Crippen molar-refractivity contribution in [3.63, 3.8) is 0 Å². The van der Waals surface area contributed by atoms with Crippen LogP contribution in [-0.2, 0) is 0 Å². The van der Waals surface area contributed by atoms with Gasteiger partial charge in [0.2, 0.25) is 0 Å². The fourth-order valence-corrected chi connectivity index (χ4v) is 4.25. The average molecular weight is 317 g/mol. The molecule has 3 heterocycles. The van der Waals surface area contributed by atoms with Crippen molar-refractivity contribution in [3.05, 3.63) is 18.6 Å². The number of aliphatic hydroxyl groups is 2. The van der Waals surface area contributed by atoms with Gasteiger partial charge in [-0.25, -0.2) is 9.97 Å². The number of rotatable bonds is 1. The van der Waals surface area contributed by atoms with Gasteiger partial charge in [0.1, 0.15) is 23.9 Å². The summed E-state index contributed by atoms with van der Waals surface area (Å²) in [6, 6.07) is 2.13. The van der Waals surface area contributed by atoms with E-state index in [1.807, 2.05) is 16.8 Å². The van der Waals surface area contributed by atoms with Crippen LogP contribution in [0.4, 0.5) is 5.82 Å². The third kappa shape index (κ3) is 2.14. The first kappa shape index (κ1) is 14.9. The molecule has 124 valence electrons. The molecule has 0 amide bonds. The van der Waals surface area contributed by atoms with Crippen molar-refractivity contribution in [3.8, 4) is 0 Å². The lowest BCUT2D eigenvalue weighted by Gasteiger charge is -2.39. The van der Waals surface area contributed by atoms with E-state index in [4.69, 9.17) is 5.73 Å². The van der Waals surface area contributed by atoms with Crippen LogP contribution in [0.1, 0.15) is 32.2 Å². The number of aromatic nitrogens is 3. The van der Waals surface area contributed by atoms with Crippen LogP contribution in [-0.4, -0.2) is 49.5 Å². The Kier molecular flexibility index (Phi) is 3.33. The van der Waals surface area contributed by atoms with Gasteiger partial charge in [-0.05, 0) is 32.3 Å². The standard InChI is InChI=1S/C16H23N5O2/c1-9-2-4-16(7-18-9)6-11(12(22)13(16)23)21-5-3-10-14(17)19-8-20-15(10)21/h3,5,8-9,11-13,18,22-23H,2,4,6-7H2,1H3,(H2,17,19,20)/t9-,11-,12+,13+,16+/m1/s1. The fourth-order valence-electron chi connectivity index (χ4n) is 4.25. The molecular weight excluding hydrogens is 294 g/mol. The zero-order chi connectivity index (χ0) is 16.2. The maximum Gasteiger partial charge on any atom is 0.145 e. The summed E-state index contributed by atoms with van der Waals surface area (Å²) in [5.41, 5.74) is 6.33. The van der Waals surface area contributed by atoms with Crippen LogP contribution in [0.5, 0.6) is 0 Å². The number of nitrogens with zero attached hydrogens (tertiary/aromatic N) is 3. The highest BCUT2D eigenvalue weighted by atomic mass is 16.3. The van der Waals surface area contributed by atoms with E-state index in [0.29, 0.717) is 17.5 Å². The van der Waals surface area contributed by atoms with E-state index in [2.05, 4.69) is 22.2 Å². The summed E-state index contributed by atoms with van der Waals surface area (Å²) in [7, 11) is 0. The number of hydrogen-bond donors (Lipinski definition) is 4. The molecule has 4 rings (SSSR count). The summed E-state index contributed by atoms with van der Waals surface area (Å²) < 4.78 is 1.94. The first-order valence-corrected chi connectivity index (χ1v) is 8.18. The van der Waals surface area contributed by atoms with Crippen LogP contribution in [0.2, 0.25) is 0 Å². The van der Waals surface area contributed by atoms with E-state index in [1.165, 1.54) is 6.33 Å². The van der Waals surface area contributed by atoms with Gasteiger partial charge in [0, 0.05) is 24.2 Å². The molecule has 2 aromatic rings. The molecule has 1 aliphatic heterocycles. The molecule has 7 heteroatoms. The predicted molar refractivity (Wildman–Crippen MR) is 86.7 cm³/mol. The van der Waals surface area contributed by atoms with Crippen molar-refractivity contribution < 1.29 is 10.2 Å². The van der Waals surface area contributed by atoms with E-state index in [1.54, 1.807) is 0 Å². The van der Waals surface area contributed by atoms with Crippen molar-refractivity contribution in [1.82, 2.24) is 19.9 Å². The van der Waals surface area contributed by atoms with Crippen molar-refractivity contribution in [2.75, 3.05) is 12.3 Å². The zero-order valence-corrected chi connectivity index (χ0v) is 13.2. The summed E-state index contributed by atoms with van der Waals surface area (Å²) in [4.78, 5) is 8.32. The van der Waals surface area contributed by atoms with Gasteiger partial charge >= 0.3 is 0 Å². The quantitative estimate of drug-likeness (QED) is 0.607. The van der Waals surface area contributed by atoms with Crippen molar-refractivity contribution in [2.45, 2.75) is 50.5 Å². The number of anilines is 1. The lowest BCUT2D eigenvalue weighted by Crippen LogP contribution is -2.50. The fraction of sp³-hybridized carbons (Fsp3) is 0.625. The van der Waals surface area contributed by atoms with Crippen molar-refractivity contribution in [2.24, 2.45) is 5.41 Å². The molecule has 0 unspecified atom stereocenters. The van der Waals surface area contributed by atoms with Crippen LogP contribution in [0.25, 0.3) is 11.0 Å². The zero-order valence-electron chi connectivity index (χ0n) is 13.2. The molecule has 1 saturated carbocycles. The van der Waals surface area contributed by atoms with Gasteiger partial charge in [-0.3, -0.25) is 0 Å². The second kappa shape index (κ2) is 5.15. The summed E-state index contributed by atoms with van der Waals surface area (Å²) in [5.74, 6) is 0.435. The van der Waals surface area contributed by atoms with Gasteiger partial charge in [-0.1, -0.05) is 0 Å². The minimum Gasteiger partial charge on any atom is -0.390 e. The smallest absolute Gasteiger partial charge is 0.145 e. The first-order valence-electron chi connectivity index (χ1n) is 8.18. The van der Waals surface area contributed by atoms with Crippen LogP contribution in [0, 0.1) is 5.41 Å². The molecule has 0 bridgehead atoms. The molecule has 5 N–H and O–H groups in total. The van der Waals surface area contributed by atoms with Gasteiger partial charge in [0.25, 0.3) is 0 Å². The molecule has 7 nitrogen and oxygen atoms in total. The Morgan fingerprint density at radius 2 is 2.22 bits per heavy atom. The molecule has 2 aromatic heterocycles. The van der Waals surface area contributed by atoms with Crippen LogP contribution in [0.3, 0.4) is 0 Å². The van der Waals surface area contributed by atoms with E-state index in [9.17, 15) is 10.2 Å². The third-order valence-corrected chi connectivity index (χ3v) is 5.74. The summed E-state index contributed by atoms with van der Waals surface area (Å²) >= 11 is 0. The minimum atomic E-state index is -0.808. The molecular formula is C16H23N5O2. The maximum absolute atomic E-state index is 10.7. The van der Waals surface area contributed by atoms with Gasteiger partial charge < -0.3 is 25.8 Å².